The van der Waals surface area contributed by atoms with E-state index < -0.39 is 50.8 Å². The number of pyridine rings is 1. The Hall–Kier alpha value is -6.42. The van der Waals surface area contributed by atoms with Crippen molar-refractivity contribution in [3.63, 3.8) is 0 Å². The molecule has 0 fully saturated rings. The molecule has 0 bridgehead atoms. The minimum absolute atomic E-state index is 0.126. The quantitative estimate of drug-likeness (QED) is 0.162. The zero-order valence-corrected chi connectivity index (χ0v) is 28.6. The second-order valence-electron chi connectivity index (χ2n) is 11.2. The van der Waals surface area contributed by atoms with Gasteiger partial charge in [0.15, 0.2) is 0 Å². The molecular weight excluding hydrogens is 698 g/mol. The Labute approximate surface area is 296 Å². The number of aromatic nitrogens is 4. The average molecular weight is 729 g/mol. The summed E-state index contributed by atoms with van der Waals surface area (Å²) >= 11 is 0. The molecule has 0 aliphatic carbocycles. The predicted octanol–water partition coefficient (Wildman–Crippen LogP) is 5.09. The van der Waals surface area contributed by atoms with Crippen LogP contribution in [0.2, 0.25) is 0 Å². The number of carbonyl (C=O) groups is 2. The molecule has 266 valence electrons. The van der Waals surface area contributed by atoms with Crippen LogP contribution in [-0.2, 0) is 26.0 Å². The van der Waals surface area contributed by atoms with Crippen LogP contribution in [0.15, 0.2) is 103 Å². The number of ether oxygens (including phenoxy) is 3. The van der Waals surface area contributed by atoms with Crippen LogP contribution in [0.25, 0.3) is 27.6 Å². The molecule has 2 aromatic heterocycles. The highest BCUT2D eigenvalue weighted by Gasteiger charge is 2.28. The summed E-state index contributed by atoms with van der Waals surface area (Å²) in [6.45, 7) is 0. The Kier molecular flexibility index (Phi) is 10.1. The molecule has 0 radical (unpaired) electrons. The van der Waals surface area contributed by atoms with Crippen molar-refractivity contribution in [2.24, 2.45) is 0 Å². The Morgan fingerprint density at radius 2 is 1.58 bits per heavy atom. The van der Waals surface area contributed by atoms with Gasteiger partial charge >= 0.3 is 5.97 Å². The van der Waals surface area contributed by atoms with E-state index in [1.54, 1.807) is 48.8 Å². The number of rotatable bonds is 12. The molecule has 2 heterocycles. The van der Waals surface area contributed by atoms with E-state index in [1.807, 2.05) is 0 Å². The second-order valence-corrected chi connectivity index (χ2v) is 12.9. The van der Waals surface area contributed by atoms with Crippen molar-refractivity contribution in [3.05, 3.63) is 121 Å². The lowest BCUT2D eigenvalue weighted by molar-refractivity contribution is -0.142. The number of carbonyl (C=O) groups excluding carboxylic acids is 2. The number of amides is 1. The highest BCUT2D eigenvalue weighted by atomic mass is 32.2. The first-order chi connectivity index (χ1) is 25.0. The number of methoxy groups -OCH3 is 3. The van der Waals surface area contributed by atoms with Gasteiger partial charge < -0.3 is 19.5 Å². The third-order valence-electron chi connectivity index (χ3n) is 8.17. The van der Waals surface area contributed by atoms with Crippen LogP contribution >= 0.6 is 0 Å². The Morgan fingerprint density at radius 3 is 2.19 bits per heavy atom. The molecule has 52 heavy (non-hydrogen) atoms. The van der Waals surface area contributed by atoms with Crippen LogP contribution < -0.4 is 19.5 Å². The van der Waals surface area contributed by atoms with Gasteiger partial charge in [0.1, 0.15) is 47.4 Å². The summed E-state index contributed by atoms with van der Waals surface area (Å²) in [4.78, 5) is 34.1. The number of sulfonamides is 1. The van der Waals surface area contributed by atoms with E-state index in [9.17, 15) is 18.0 Å². The number of benzene rings is 4. The van der Waals surface area contributed by atoms with Gasteiger partial charge in [-0.2, -0.15) is 5.10 Å². The molecule has 0 aliphatic heterocycles. The van der Waals surface area contributed by atoms with Crippen LogP contribution in [-0.4, -0.2) is 67.4 Å². The molecule has 4 aromatic carbocycles. The maximum Gasteiger partial charge on any atom is 0.328 e. The molecule has 0 saturated carbocycles. The van der Waals surface area contributed by atoms with Gasteiger partial charge in [-0.1, -0.05) is 18.2 Å². The summed E-state index contributed by atoms with van der Waals surface area (Å²) in [5.74, 6) is -3.76. The van der Waals surface area contributed by atoms with Crippen molar-refractivity contribution in [2.45, 2.75) is 17.4 Å². The van der Waals surface area contributed by atoms with Crippen LogP contribution in [0.5, 0.6) is 11.5 Å². The van der Waals surface area contributed by atoms with E-state index in [2.05, 4.69) is 25.1 Å². The molecule has 16 heteroatoms. The number of hydrogen-bond acceptors (Lipinski definition) is 10. The summed E-state index contributed by atoms with van der Waals surface area (Å²) in [5.41, 5.74) is 1.02. The smallest absolute Gasteiger partial charge is 0.328 e. The molecule has 0 unspecified atom stereocenters. The molecule has 13 nitrogen and oxygen atoms in total. The molecule has 0 aliphatic rings. The maximum absolute atomic E-state index is 15.4. The van der Waals surface area contributed by atoms with Gasteiger partial charge in [0.25, 0.3) is 15.9 Å². The van der Waals surface area contributed by atoms with Crippen molar-refractivity contribution < 1.29 is 41.0 Å². The first-order valence-electron chi connectivity index (χ1n) is 15.5. The van der Waals surface area contributed by atoms with Crippen LogP contribution in [0, 0.1) is 11.6 Å². The van der Waals surface area contributed by atoms with Crippen molar-refractivity contribution in [1.82, 2.24) is 25.1 Å². The van der Waals surface area contributed by atoms with Gasteiger partial charge in [-0.05, 0) is 71.1 Å². The highest BCUT2D eigenvalue weighted by Crippen LogP contribution is 2.42. The van der Waals surface area contributed by atoms with Gasteiger partial charge in [-0.15, -0.1) is 0 Å². The summed E-state index contributed by atoms with van der Waals surface area (Å²) in [6, 6.07) is 16.1. The fourth-order valence-corrected chi connectivity index (χ4v) is 6.77. The van der Waals surface area contributed by atoms with Crippen molar-refractivity contribution in [2.75, 3.05) is 26.1 Å². The molecule has 1 atom stereocenters. The standard InChI is InChI=1S/C36H30F2N6O7S/c1-49-31-5-4-6-32(50-2)33(31)26-12-7-21(25-13-14-39-18-27(25)26)15-30(36(46)51-3)42-35(45)34-28(37)16-22(17-29(34)38)43-52(47,48)24-10-8-23(9-11-24)44-20-40-19-41-44/h4-14,16-20,30,43H,15H2,1-3H3,(H,42,45)/t30-/m0/s1. The summed E-state index contributed by atoms with van der Waals surface area (Å²) in [7, 11) is -0.0974. The summed E-state index contributed by atoms with van der Waals surface area (Å²) < 4.78 is 76.3. The van der Waals surface area contributed by atoms with Crippen molar-refractivity contribution in [1.29, 1.82) is 0 Å². The Balaban J connectivity index is 1.25. The van der Waals surface area contributed by atoms with Gasteiger partial charge in [-0.3, -0.25) is 14.5 Å². The average Bonchev–Trinajstić information content (AvgIpc) is 3.69. The van der Waals surface area contributed by atoms with Gasteiger partial charge in [-0.25, -0.2) is 31.7 Å². The molecule has 6 aromatic rings. The van der Waals surface area contributed by atoms with Gasteiger partial charge in [0.2, 0.25) is 0 Å². The molecule has 2 N–H and O–H groups in total. The zero-order chi connectivity index (χ0) is 37.0. The topological polar surface area (TPSA) is 164 Å². The first-order valence-corrected chi connectivity index (χ1v) is 17.0. The summed E-state index contributed by atoms with van der Waals surface area (Å²) in [6.07, 6.45) is 5.82. The fraction of sp³-hybridized carbons (Fsp3) is 0.139. The maximum atomic E-state index is 15.4. The van der Waals surface area contributed by atoms with Crippen LogP contribution in [0.1, 0.15) is 15.9 Å². The van der Waals surface area contributed by atoms with E-state index in [0.717, 1.165) is 12.7 Å². The SMILES string of the molecule is COC(=O)[C@H](Cc1ccc(-c2c(OC)cccc2OC)c2cnccc12)NC(=O)c1c(F)cc(NS(=O)(=O)c2ccc(-n3cncn3)cc2)cc1F. The first kappa shape index (κ1) is 35.4. The van der Waals surface area contributed by atoms with E-state index in [4.69, 9.17) is 14.2 Å². The molecule has 0 spiro atoms. The van der Waals surface area contributed by atoms with Gasteiger partial charge in [0, 0.05) is 24.2 Å². The zero-order valence-electron chi connectivity index (χ0n) is 27.8. The Bertz CT molecular complexity index is 2350. The van der Waals surface area contributed by atoms with Crippen LogP contribution in [0.3, 0.4) is 0 Å². The minimum Gasteiger partial charge on any atom is -0.496 e. The third kappa shape index (κ3) is 7.09. The molecule has 6 rings (SSSR count). The number of esters is 1. The number of nitrogens with zero attached hydrogens (tertiary/aromatic N) is 4. The second kappa shape index (κ2) is 14.8. The summed E-state index contributed by atoms with van der Waals surface area (Å²) in [5, 5.41) is 7.69. The molecule has 0 saturated heterocycles. The number of anilines is 1. The number of fused-ring (bicyclic) bond motifs is 1. The Morgan fingerprint density at radius 1 is 0.885 bits per heavy atom. The third-order valence-corrected chi connectivity index (χ3v) is 9.57. The van der Waals surface area contributed by atoms with Crippen LogP contribution in [0.4, 0.5) is 14.5 Å². The lowest BCUT2D eigenvalue weighted by Crippen LogP contribution is -2.43. The molecule has 1 amide bonds. The molecular formula is C36H30F2N6O7S. The van der Waals surface area contributed by atoms with E-state index in [1.165, 1.54) is 55.8 Å². The number of hydrogen-bond donors (Lipinski definition) is 2. The lowest BCUT2D eigenvalue weighted by Gasteiger charge is -2.20. The van der Waals surface area contributed by atoms with Gasteiger partial charge in [0.05, 0.1) is 43.2 Å². The van der Waals surface area contributed by atoms with E-state index in [-0.39, 0.29) is 11.3 Å². The normalized spacial score (nSPS) is 11.9. The van der Waals surface area contributed by atoms with E-state index >= 15 is 8.78 Å². The predicted molar refractivity (Wildman–Crippen MR) is 186 cm³/mol. The fourth-order valence-electron chi connectivity index (χ4n) is 5.73. The van der Waals surface area contributed by atoms with E-state index in [0.29, 0.717) is 51.2 Å². The highest BCUT2D eigenvalue weighted by molar-refractivity contribution is 7.92. The minimum atomic E-state index is -4.29. The number of nitrogens with one attached hydrogen (secondary N) is 2. The van der Waals surface area contributed by atoms with Crippen molar-refractivity contribution in [3.8, 4) is 28.3 Å². The number of halogens is 2. The lowest BCUT2D eigenvalue weighted by atomic mass is 9.92. The largest absolute Gasteiger partial charge is 0.496 e. The monoisotopic (exact) mass is 728 g/mol. The van der Waals surface area contributed by atoms with Crippen molar-refractivity contribution >= 4 is 38.4 Å².